The Morgan fingerprint density at radius 1 is 1.11 bits per heavy atom. The van der Waals surface area contributed by atoms with E-state index in [0.717, 1.165) is 63.2 Å². The number of hydrogen-bond donors (Lipinski definition) is 1. The third-order valence-electron chi connectivity index (χ3n) is 7.58. The number of nitriles is 1. The topological polar surface area (TPSA) is 78.7 Å². The monoisotopic (exact) mass is 543 g/mol. The molecule has 2 aliphatic heterocycles. The summed E-state index contributed by atoms with van der Waals surface area (Å²) < 4.78 is 0. The Morgan fingerprint density at radius 2 is 1.76 bits per heavy atom. The van der Waals surface area contributed by atoms with Crippen LogP contribution >= 0.6 is 23.2 Å². The zero-order chi connectivity index (χ0) is 26.7. The molecule has 2 aliphatic rings. The number of urea groups is 1. The van der Waals surface area contributed by atoms with Gasteiger partial charge in [-0.25, -0.2) is 9.78 Å². The second-order valence-electron chi connectivity index (χ2n) is 10.1. The number of aromatic nitrogens is 1. The van der Waals surface area contributed by atoms with Crippen LogP contribution < -0.4 is 10.2 Å². The van der Waals surface area contributed by atoms with Crippen molar-refractivity contribution in [3.63, 3.8) is 0 Å². The normalized spacial score (nSPS) is 18.4. The van der Waals surface area contributed by atoms with Crippen LogP contribution in [0.3, 0.4) is 0 Å². The lowest BCUT2D eigenvalue weighted by atomic mass is 10.0. The summed E-state index contributed by atoms with van der Waals surface area (Å²) in [7, 11) is 6.04. The predicted octanol–water partition coefficient (Wildman–Crippen LogP) is 4.48. The molecule has 1 aromatic heterocycles. The van der Waals surface area contributed by atoms with Crippen LogP contribution in [-0.2, 0) is 0 Å². The number of piperazine rings is 1. The number of hydrogen-bond acceptors (Lipinski definition) is 6. The average Bonchev–Trinajstić information content (AvgIpc) is 2.90. The molecule has 1 unspecified atom stereocenters. The lowest BCUT2D eigenvalue weighted by Crippen LogP contribution is -2.48. The number of benzene rings is 1. The maximum Gasteiger partial charge on any atom is 0.317 e. The first-order valence-electron chi connectivity index (χ1n) is 12.7. The molecular weight excluding hydrogens is 509 g/mol. The smallest absolute Gasteiger partial charge is 0.317 e. The quantitative estimate of drug-likeness (QED) is 0.599. The molecule has 2 amide bonds. The average molecular weight is 545 g/mol. The highest BCUT2D eigenvalue weighted by atomic mass is 35.5. The number of rotatable bonds is 5. The summed E-state index contributed by atoms with van der Waals surface area (Å²) in [6.45, 7) is 7.39. The van der Waals surface area contributed by atoms with Gasteiger partial charge in [-0.15, -0.1) is 0 Å². The second-order valence-corrected chi connectivity index (χ2v) is 10.9. The summed E-state index contributed by atoms with van der Waals surface area (Å²) in [5.74, 6) is 0.697. The molecule has 2 aromatic rings. The Bertz CT molecular complexity index is 1170. The van der Waals surface area contributed by atoms with Gasteiger partial charge in [-0.3, -0.25) is 0 Å². The minimum atomic E-state index is -0.326. The van der Waals surface area contributed by atoms with Gasteiger partial charge in [0.2, 0.25) is 0 Å². The van der Waals surface area contributed by atoms with E-state index in [1.54, 1.807) is 11.1 Å². The van der Waals surface area contributed by atoms with Gasteiger partial charge in [0, 0.05) is 56.6 Å². The Hall–Kier alpha value is -2.57. The molecule has 8 nitrogen and oxygen atoms in total. The van der Waals surface area contributed by atoms with Gasteiger partial charge in [0.15, 0.2) is 0 Å². The lowest BCUT2D eigenvalue weighted by Gasteiger charge is -2.35. The third kappa shape index (κ3) is 6.12. The minimum Gasteiger partial charge on any atom is -0.353 e. The largest absolute Gasteiger partial charge is 0.353 e. The molecule has 0 radical (unpaired) electrons. The number of pyridine rings is 1. The maximum atomic E-state index is 12.9. The fourth-order valence-corrected chi connectivity index (χ4v) is 5.60. The Morgan fingerprint density at radius 3 is 2.41 bits per heavy atom. The van der Waals surface area contributed by atoms with Crippen molar-refractivity contribution in [1.82, 2.24) is 25.0 Å². The first-order chi connectivity index (χ1) is 17.7. The van der Waals surface area contributed by atoms with E-state index in [9.17, 15) is 10.1 Å². The number of piperidine rings is 1. The van der Waals surface area contributed by atoms with Crippen LogP contribution in [0.15, 0.2) is 24.4 Å². The fourth-order valence-electron chi connectivity index (χ4n) is 4.99. The SMILES string of the molecule is CC(NC(=O)N(C)C1CCN(C)CC1)c1ccc(-c2cnc(N3CCN(C)CC3)c(C#N)c2)c(Cl)c1Cl. The van der Waals surface area contributed by atoms with Gasteiger partial charge in [0.25, 0.3) is 0 Å². The van der Waals surface area contributed by atoms with E-state index in [2.05, 4.69) is 45.2 Å². The van der Waals surface area contributed by atoms with Gasteiger partial charge in [-0.2, -0.15) is 5.26 Å². The van der Waals surface area contributed by atoms with E-state index in [4.69, 9.17) is 23.2 Å². The van der Waals surface area contributed by atoms with Crippen molar-refractivity contribution in [2.45, 2.75) is 31.8 Å². The Balaban J connectivity index is 1.50. The summed E-state index contributed by atoms with van der Waals surface area (Å²) in [6.07, 6.45) is 3.66. The van der Waals surface area contributed by atoms with Gasteiger partial charge in [0.1, 0.15) is 11.9 Å². The van der Waals surface area contributed by atoms with Crippen LogP contribution in [0.1, 0.15) is 36.9 Å². The van der Waals surface area contributed by atoms with Gasteiger partial charge in [0.05, 0.1) is 21.7 Å². The second kappa shape index (κ2) is 11.9. The van der Waals surface area contributed by atoms with Crippen LogP contribution in [0.4, 0.5) is 10.6 Å². The Labute approximate surface area is 229 Å². The first kappa shape index (κ1) is 27.5. The standard InChI is InChI=1S/C27H35Cl2N7O/c1-18(32-27(37)35(4)21-7-9-33(2)10-8-21)22-5-6-23(25(29)24(22)28)20-15-19(16-30)26(31-17-20)36-13-11-34(3)12-14-36/h5-6,15,17-18,21H,7-14H2,1-4H3,(H,32,37). The molecule has 4 rings (SSSR count). The number of likely N-dealkylation sites (N-methyl/N-ethyl adjacent to an activating group) is 1. The van der Waals surface area contributed by atoms with Crippen LogP contribution in [0.5, 0.6) is 0 Å². The fraction of sp³-hybridized carbons (Fsp3) is 0.519. The highest BCUT2D eigenvalue weighted by Gasteiger charge is 2.26. The number of anilines is 1. The zero-order valence-electron chi connectivity index (χ0n) is 22.0. The molecule has 37 heavy (non-hydrogen) atoms. The van der Waals surface area contributed by atoms with E-state index in [1.165, 1.54) is 0 Å². The van der Waals surface area contributed by atoms with Crippen molar-refractivity contribution in [2.24, 2.45) is 0 Å². The zero-order valence-corrected chi connectivity index (χ0v) is 23.5. The Kier molecular flexibility index (Phi) is 8.81. The number of amides is 2. The van der Waals surface area contributed by atoms with Crippen molar-refractivity contribution in [3.05, 3.63) is 45.6 Å². The molecule has 1 atom stereocenters. The molecular formula is C27H35Cl2N7O. The highest BCUT2D eigenvalue weighted by Crippen LogP contribution is 2.39. The van der Waals surface area contributed by atoms with E-state index < -0.39 is 0 Å². The molecule has 2 saturated heterocycles. The van der Waals surface area contributed by atoms with Crippen molar-refractivity contribution in [2.75, 3.05) is 65.3 Å². The van der Waals surface area contributed by atoms with E-state index in [1.807, 2.05) is 32.2 Å². The molecule has 2 fully saturated rings. The number of nitrogens with zero attached hydrogens (tertiary/aromatic N) is 6. The number of carbonyl (C=O) groups is 1. The molecule has 0 saturated carbocycles. The summed E-state index contributed by atoms with van der Waals surface area (Å²) >= 11 is 13.4. The summed E-state index contributed by atoms with van der Waals surface area (Å²) in [4.78, 5) is 26.0. The van der Waals surface area contributed by atoms with Crippen LogP contribution in [0, 0.1) is 11.3 Å². The van der Waals surface area contributed by atoms with Crippen LogP contribution in [0.2, 0.25) is 10.0 Å². The summed E-state index contributed by atoms with van der Waals surface area (Å²) in [5.41, 5.74) is 2.68. The number of carbonyl (C=O) groups excluding carboxylic acids is 1. The van der Waals surface area contributed by atoms with Crippen molar-refractivity contribution in [1.29, 1.82) is 5.26 Å². The number of nitrogens with one attached hydrogen (secondary N) is 1. The third-order valence-corrected chi connectivity index (χ3v) is 8.47. The summed E-state index contributed by atoms with van der Waals surface area (Å²) in [5, 5.41) is 13.6. The van der Waals surface area contributed by atoms with E-state index in [-0.39, 0.29) is 18.1 Å². The predicted molar refractivity (Wildman–Crippen MR) is 149 cm³/mol. The molecule has 10 heteroatoms. The number of likely N-dealkylation sites (tertiary alicyclic amines) is 1. The molecule has 0 spiro atoms. The van der Waals surface area contributed by atoms with E-state index >= 15 is 0 Å². The van der Waals surface area contributed by atoms with Gasteiger partial charge < -0.3 is 24.9 Å². The van der Waals surface area contributed by atoms with Crippen molar-refractivity contribution in [3.8, 4) is 17.2 Å². The first-order valence-corrected chi connectivity index (χ1v) is 13.5. The molecule has 0 aliphatic carbocycles. The van der Waals surface area contributed by atoms with Crippen molar-refractivity contribution >= 4 is 35.1 Å². The molecule has 198 valence electrons. The van der Waals surface area contributed by atoms with Crippen molar-refractivity contribution < 1.29 is 4.79 Å². The minimum absolute atomic E-state index is 0.124. The molecule has 1 N–H and O–H groups in total. The molecule has 3 heterocycles. The van der Waals surface area contributed by atoms with Gasteiger partial charge in [-0.1, -0.05) is 35.3 Å². The molecule has 1 aromatic carbocycles. The lowest BCUT2D eigenvalue weighted by molar-refractivity contribution is 0.146. The maximum absolute atomic E-state index is 12.9. The van der Waals surface area contributed by atoms with E-state index in [0.29, 0.717) is 27.0 Å². The number of halogens is 2. The van der Waals surface area contributed by atoms with Crippen LogP contribution in [-0.4, -0.2) is 92.2 Å². The van der Waals surface area contributed by atoms with Crippen LogP contribution in [0.25, 0.3) is 11.1 Å². The summed E-state index contributed by atoms with van der Waals surface area (Å²) in [6, 6.07) is 7.64. The molecule has 0 bridgehead atoms. The van der Waals surface area contributed by atoms with Gasteiger partial charge >= 0.3 is 6.03 Å². The highest BCUT2D eigenvalue weighted by molar-refractivity contribution is 6.44. The van der Waals surface area contributed by atoms with Gasteiger partial charge in [-0.05, 0) is 58.6 Å².